The van der Waals surface area contributed by atoms with Crippen LogP contribution in [0.25, 0.3) is 17.5 Å². The lowest BCUT2D eigenvalue weighted by atomic mass is 10.1. The van der Waals surface area contributed by atoms with Crippen molar-refractivity contribution < 1.29 is 4.79 Å². The summed E-state index contributed by atoms with van der Waals surface area (Å²) in [6.07, 6.45) is 3.23. The van der Waals surface area contributed by atoms with E-state index in [-0.39, 0.29) is 11.5 Å². The van der Waals surface area contributed by atoms with Crippen molar-refractivity contribution in [3.8, 4) is 11.4 Å². The third-order valence-corrected chi connectivity index (χ3v) is 3.50. The smallest absolute Gasteiger partial charge is 0.251 e. The highest BCUT2D eigenvalue weighted by molar-refractivity contribution is 6.02. The van der Waals surface area contributed by atoms with Crippen LogP contribution in [0.4, 0.5) is 5.69 Å². The van der Waals surface area contributed by atoms with Gasteiger partial charge in [-0.25, -0.2) is 4.98 Å². The third kappa shape index (κ3) is 4.51. The second-order valence-electron chi connectivity index (χ2n) is 5.55. The van der Waals surface area contributed by atoms with Gasteiger partial charge in [-0.05, 0) is 30.7 Å². The van der Waals surface area contributed by atoms with Gasteiger partial charge < -0.3 is 10.3 Å². The highest BCUT2D eigenvalue weighted by Crippen LogP contribution is 2.18. The van der Waals surface area contributed by atoms with Gasteiger partial charge >= 0.3 is 0 Å². The fourth-order valence-corrected chi connectivity index (χ4v) is 2.38. The van der Waals surface area contributed by atoms with Crippen LogP contribution >= 0.6 is 0 Å². The van der Waals surface area contributed by atoms with Crippen LogP contribution in [0.1, 0.15) is 11.3 Å². The molecule has 2 N–H and O–H groups in total. The SMILES string of the molecule is Cc1cc(=O)[nH]c(-c2cccc(NC(=O)C=Cc3ccccc3)c2)n1. The lowest BCUT2D eigenvalue weighted by Crippen LogP contribution is -2.10. The molecule has 1 amide bonds. The molecule has 124 valence electrons. The summed E-state index contributed by atoms with van der Waals surface area (Å²) in [4.78, 5) is 30.7. The van der Waals surface area contributed by atoms with Crippen molar-refractivity contribution in [1.29, 1.82) is 0 Å². The largest absolute Gasteiger partial charge is 0.322 e. The molecule has 3 rings (SSSR count). The van der Waals surface area contributed by atoms with E-state index in [2.05, 4.69) is 15.3 Å². The second kappa shape index (κ2) is 7.40. The van der Waals surface area contributed by atoms with Crippen molar-refractivity contribution in [3.05, 3.63) is 88.4 Å². The molecule has 5 heteroatoms. The van der Waals surface area contributed by atoms with Gasteiger partial charge in [0.2, 0.25) is 5.91 Å². The molecule has 0 unspecified atom stereocenters. The fraction of sp³-hybridized carbons (Fsp3) is 0.0500. The average Bonchev–Trinajstić information content (AvgIpc) is 2.60. The minimum Gasteiger partial charge on any atom is -0.322 e. The number of aryl methyl sites for hydroxylation is 1. The molecule has 0 saturated carbocycles. The Kier molecular flexibility index (Phi) is 4.85. The summed E-state index contributed by atoms with van der Waals surface area (Å²) in [7, 11) is 0. The van der Waals surface area contributed by atoms with Crippen LogP contribution in [0, 0.1) is 6.92 Å². The molecule has 25 heavy (non-hydrogen) atoms. The average molecular weight is 331 g/mol. The first-order valence-corrected chi connectivity index (χ1v) is 7.83. The van der Waals surface area contributed by atoms with Crippen LogP contribution in [-0.4, -0.2) is 15.9 Å². The van der Waals surface area contributed by atoms with Gasteiger partial charge in [0.15, 0.2) is 0 Å². The van der Waals surface area contributed by atoms with Crippen molar-refractivity contribution in [3.63, 3.8) is 0 Å². The predicted octanol–water partition coefficient (Wildman–Crippen LogP) is 3.40. The third-order valence-electron chi connectivity index (χ3n) is 3.50. The molecular formula is C20H17N3O2. The maximum Gasteiger partial charge on any atom is 0.251 e. The number of carbonyl (C=O) groups is 1. The number of nitrogens with one attached hydrogen (secondary N) is 2. The van der Waals surface area contributed by atoms with Crippen LogP contribution < -0.4 is 10.9 Å². The van der Waals surface area contributed by atoms with E-state index in [1.54, 1.807) is 31.2 Å². The maximum atomic E-state index is 12.1. The molecule has 0 aliphatic rings. The number of hydrogen-bond acceptors (Lipinski definition) is 3. The normalized spacial score (nSPS) is 10.8. The Morgan fingerprint density at radius 1 is 1.08 bits per heavy atom. The molecule has 2 aromatic carbocycles. The molecule has 5 nitrogen and oxygen atoms in total. The summed E-state index contributed by atoms with van der Waals surface area (Å²) in [6, 6.07) is 18.2. The summed E-state index contributed by atoms with van der Waals surface area (Å²) in [5.74, 6) is 0.243. The van der Waals surface area contributed by atoms with E-state index in [0.717, 1.165) is 11.1 Å². The molecule has 0 saturated heterocycles. The zero-order chi connectivity index (χ0) is 17.6. The zero-order valence-electron chi connectivity index (χ0n) is 13.7. The van der Waals surface area contributed by atoms with Crippen LogP contribution in [0.3, 0.4) is 0 Å². The minimum atomic E-state index is -0.230. The van der Waals surface area contributed by atoms with Gasteiger partial charge in [0.1, 0.15) is 5.82 Å². The molecular weight excluding hydrogens is 314 g/mol. The van der Waals surface area contributed by atoms with Gasteiger partial charge in [0, 0.05) is 29.1 Å². The van der Waals surface area contributed by atoms with Crippen LogP contribution in [-0.2, 0) is 4.79 Å². The first-order chi connectivity index (χ1) is 12.1. The van der Waals surface area contributed by atoms with Gasteiger partial charge in [-0.2, -0.15) is 0 Å². The summed E-state index contributed by atoms with van der Waals surface area (Å²) in [5.41, 5.74) is 2.74. The highest BCUT2D eigenvalue weighted by atomic mass is 16.1. The lowest BCUT2D eigenvalue weighted by Gasteiger charge is -2.06. The summed E-state index contributed by atoms with van der Waals surface area (Å²) in [5, 5.41) is 2.81. The quantitative estimate of drug-likeness (QED) is 0.720. The van der Waals surface area contributed by atoms with E-state index in [9.17, 15) is 9.59 Å². The Hall–Kier alpha value is -3.47. The van der Waals surface area contributed by atoms with E-state index in [1.165, 1.54) is 12.1 Å². The van der Waals surface area contributed by atoms with Crippen LogP contribution in [0.15, 0.2) is 71.5 Å². The molecule has 1 aromatic heterocycles. The van der Waals surface area contributed by atoms with E-state index in [0.29, 0.717) is 17.2 Å². The van der Waals surface area contributed by atoms with Crippen molar-refractivity contribution in [2.75, 3.05) is 5.32 Å². The predicted molar refractivity (Wildman–Crippen MR) is 99.1 cm³/mol. The highest BCUT2D eigenvalue weighted by Gasteiger charge is 2.04. The first kappa shape index (κ1) is 16.4. The number of rotatable bonds is 4. The first-order valence-electron chi connectivity index (χ1n) is 7.83. The number of anilines is 1. The Labute approximate surface area is 145 Å². The van der Waals surface area contributed by atoms with Crippen LogP contribution in [0.2, 0.25) is 0 Å². The topological polar surface area (TPSA) is 74.8 Å². The number of aromatic amines is 1. The Balaban J connectivity index is 1.76. The summed E-state index contributed by atoms with van der Waals surface area (Å²) >= 11 is 0. The summed E-state index contributed by atoms with van der Waals surface area (Å²) in [6.45, 7) is 1.76. The molecule has 0 bridgehead atoms. The molecule has 0 atom stereocenters. The molecule has 1 heterocycles. The Morgan fingerprint density at radius 3 is 2.64 bits per heavy atom. The Bertz CT molecular complexity index is 975. The number of nitrogens with zero attached hydrogens (tertiary/aromatic N) is 1. The minimum absolute atomic E-state index is 0.206. The number of H-pyrrole nitrogens is 1. The van der Waals surface area contributed by atoms with Crippen molar-refractivity contribution in [1.82, 2.24) is 9.97 Å². The van der Waals surface area contributed by atoms with E-state index in [1.807, 2.05) is 36.4 Å². The second-order valence-corrected chi connectivity index (χ2v) is 5.55. The van der Waals surface area contributed by atoms with Crippen molar-refractivity contribution in [2.45, 2.75) is 6.92 Å². The summed E-state index contributed by atoms with van der Waals surface area (Å²) < 4.78 is 0. The fourth-order valence-electron chi connectivity index (χ4n) is 2.38. The maximum absolute atomic E-state index is 12.1. The molecule has 0 spiro atoms. The molecule has 0 aliphatic heterocycles. The lowest BCUT2D eigenvalue weighted by molar-refractivity contribution is -0.111. The van der Waals surface area contributed by atoms with Crippen LogP contribution in [0.5, 0.6) is 0 Å². The van der Waals surface area contributed by atoms with Gasteiger partial charge in [-0.1, -0.05) is 42.5 Å². The van der Waals surface area contributed by atoms with Gasteiger partial charge in [0.05, 0.1) is 0 Å². The van der Waals surface area contributed by atoms with E-state index >= 15 is 0 Å². The Morgan fingerprint density at radius 2 is 1.88 bits per heavy atom. The van der Waals surface area contributed by atoms with E-state index < -0.39 is 0 Å². The molecule has 0 fully saturated rings. The molecule has 0 aliphatic carbocycles. The molecule has 0 radical (unpaired) electrons. The monoisotopic (exact) mass is 331 g/mol. The van der Waals surface area contributed by atoms with Gasteiger partial charge in [0.25, 0.3) is 5.56 Å². The van der Waals surface area contributed by atoms with E-state index in [4.69, 9.17) is 0 Å². The van der Waals surface area contributed by atoms with Gasteiger partial charge in [-0.3, -0.25) is 9.59 Å². The number of amides is 1. The number of carbonyl (C=O) groups excluding carboxylic acids is 1. The zero-order valence-corrected chi connectivity index (χ0v) is 13.7. The van der Waals surface area contributed by atoms with Gasteiger partial charge in [-0.15, -0.1) is 0 Å². The standard InChI is InChI=1S/C20H17N3O2/c1-14-12-19(25)23-20(21-14)16-8-5-9-17(13-16)22-18(24)11-10-15-6-3-2-4-7-15/h2-13H,1H3,(H,22,24)(H,21,23,25). The number of benzene rings is 2. The molecule has 3 aromatic rings. The number of aromatic nitrogens is 2. The van der Waals surface area contributed by atoms with Crippen molar-refractivity contribution >= 4 is 17.7 Å². The van der Waals surface area contributed by atoms with Crippen molar-refractivity contribution in [2.24, 2.45) is 0 Å². The number of hydrogen-bond donors (Lipinski definition) is 2.